The Morgan fingerprint density at radius 3 is 2.70 bits per heavy atom. The number of carbonyl (C=O) groups excluding carboxylic acids is 1. The number of nitrogens with one attached hydrogen (secondary N) is 1. The number of pyridine rings is 2. The molecule has 2 atom stereocenters. The molecule has 1 aliphatic carbocycles. The zero-order valence-electron chi connectivity index (χ0n) is 24.9. The van der Waals surface area contributed by atoms with Crippen molar-refractivity contribution in [2.45, 2.75) is 71.4 Å². The molecule has 1 aliphatic heterocycles. The van der Waals surface area contributed by atoms with Gasteiger partial charge >= 0.3 is 0 Å². The average molecular weight is 604 g/mol. The zero-order chi connectivity index (χ0) is 30.1. The third kappa shape index (κ3) is 6.73. The van der Waals surface area contributed by atoms with Crippen molar-refractivity contribution >= 4 is 27.6 Å². The highest BCUT2D eigenvalue weighted by Gasteiger charge is 2.30. The third-order valence-electron chi connectivity index (χ3n) is 8.89. The number of aromatic nitrogens is 5. The van der Waals surface area contributed by atoms with Gasteiger partial charge in [-0.3, -0.25) is 9.78 Å². The van der Waals surface area contributed by atoms with Crippen LogP contribution in [0.3, 0.4) is 0 Å². The van der Waals surface area contributed by atoms with Crippen LogP contribution >= 0.6 is 11.3 Å². The van der Waals surface area contributed by atoms with E-state index in [1.54, 1.807) is 12.3 Å². The maximum absolute atomic E-state index is 15.3. The lowest BCUT2D eigenvalue weighted by Crippen LogP contribution is -2.38. The number of amides is 1. The summed E-state index contributed by atoms with van der Waals surface area (Å²) < 4.78 is 15.3. The molecule has 0 bridgehead atoms. The van der Waals surface area contributed by atoms with E-state index in [2.05, 4.69) is 57.2 Å². The van der Waals surface area contributed by atoms with E-state index in [1.165, 1.54) is 35.4 Å². The first-order chi connectivity index (χ1) is 20.6. The Labute approximate surface area is 255 Å². The molecule has 11 heteroatoms. The van der Waals surface area contributed by atoms with Gasteiger partial charge in [0.1, 0.15) is 21.9 Å². The van der Waals surface area contributed by atoms with Crippen LogP contribution in [0.5, 0.6) is 0 Å². The van der Waals surface area contributed by atoms with Crippen molar-refractivity contribution in [1.82, 2.24) is 35.4 Å². The van der Waals surface area contributed by atoms with Gasteiger partial charge in [-0.15, -0.1) is 0 Å². The van der Waals surface area contributed by atoms with E-state index in [1.807, 2.05) is 0 Å². The van der Waals surface area contributed by atoms with Crippen molar-refractivity contribution in [2.24, 2.45) is 11.3 Å². The van der Waals surface area contributed by atoms with Crippen molar-refractivity contribution in [2.75, 3.05) is 19.6 Å². The molecular weight excluding hydrogens is 565 g/mol. The Hall–Kier alpha value is -3.41. The van der Waals surface area contributed by atoms with E-state index in [0.29, 0.717) is 35.0 Å². The van der Waals surface area contributed by atoms with Gasteiger partial charge in [0.15, 0.2) is 5.01 Å². The molecule has 0 aromatic carbocycles. The second kappa shape index (κ2) is 12.3. The molecule has 0 unspecified atom stereocenters. The second-order valence-corrected chi connectivity index (χ2v) is 13.8. The van der Waals surface area contributed by atoms with E-state index in [4.69, 9.17) is 4.98 Å². The molecule has 0 radical (unpaired) electrons. The average Bonchev–Trinajstić information content (AvgIpc) is 3.41. The van der Waals surface area contributed by atoms with Gasteiger partial charge < -0.3 is 15.3 Å². The van der Waals surface area contributed by atoms with E-state index in [-0.39, 0.29) is 23.1 Å². The molecular formula is C32H38FN7O2S. The quantitative estimate of drug-likeness (QED) is 0.298. The number of piperidine rings is 1. The number of fused-ring (bicyclic) bond motifs is 2. The minimum absolute atomic E-state index is 0.184. The normalized spacial score (nSPS) is 18.9. The first-order valence-corrected chi connectivity index (χ1v) is 15.9. The van der Waals surface area contributed by atoms with Crippen LogP contribution in [0.15, 0.2) is 36.8 Å². The van der Waals surface area contributed by atoms with Crippen LogP contribution in [-0.4, -0.2) is 66.8 Å². The standard InChI is InChI=1S/C32H38FN7O2S/c1-32(2,3)22-4-5-25-20(14-22)16-27-30(38-25)43-31(39-27)29(42)37-26(9-13-40-11-7-23(41)8-12-40)21-15-24(33)28(34-17-21)19-6-10-35-36-18-19/h6,10,15-18,22-23,26,41H,4-5,7-9,11-14H2,1-3H3,(H,37,42)/t22-,26+/m0/s1. The smallest absolute Gasteiger partial charge is 0.280 e. The molecule has 5 heterocycles. The zero-order valence-corrected chi connectivity index (χ0v) is 25.7. The number of hydrogen-bond acceptors (Lipinski definition) is 9. The van der Waals surface area contributed by atoms with Crippen molar-refractivity contribution in [1.29, 1.82) is 0 Å². The number of nitrogens with zero attached hydrogens (tertiary/aromatic N) is 6. The van der Waals surface area contributed by atoms with Crippen LogP contribution in [0.1, 0.15) is 79.1 Å². The summed E-state index contributed by atoms with van der Waals surface area (Å²) in [5.74, 6) is -0.218. The van der Waals surface area contributed by atoms with Gasteiger partial charge in [0, 0.05) is 37.1 Å². The minimum atomic E-state index is -0.492. The molecule has 1 fully saturated rings. The fourth-order valence-corrected chi connectivity index (χ4v) is 6.98. The Morgan fingerprint density at radius 1 is 1.16 bits per heavy atom. The second-order valence-electron chi connectivity index (χ2n) is 12.9. The van der Waals surface area contributed by atoms with Crippen molar-refractivity contribution in [3.8, 4) is 11.3 Å². The number of likely N-dealkylation sites (tertiary alicyclic amines) is 1. The molecule has 0 saturated carbocycles. The summed E-state index contributed by atoms with van der Waals surface area (Å²) in [6, 6.07) is 4.72. The lowest BCUT2D eigenvalue weighted by molar-refractivity contribution is 0.0795. The molecule has 4 aromatic rings. The van der Waals surface area contributed by atoms with Gasteiger partial charge in [0.25, 0.3) is 5.91 Å². The SMILES string of the molecule is CC(C)(C)[C@H]1CCc2nc3sc(C(=O)N[C@H](CCN4CCC(O)CC4)c4cnc(-c5ccnnc5)c(F)c4)nc3cc2C1. The van der Waals surface area contributed by atoms with Crippen molar-refractivity contribution in [3.05, 3.63) is 64.4 Å². The number of rotatable bonds is 7. The number of aliphatic hydroxyl groups is 1. The Bertz CT molecular complexity index is 1600. The highest BCUT2D eigenvalue weighted by Crippen LogP contribution is 2.38. The van der Waals surface area contributed by atoms with Gasteiger partial charge in [-0.1, -0.05) is 32.1 Å². The molecule has 9 nitrogen and oxygen atoms in total. The first-order valence-electron chi connectivity index (χ1n) is 15.1. The summed E-state index contributed by atoms with van der Waals surface area (Å²) >= 11 is 1.30. The fraction of sp³-hybridized carbons (Fsp3) is 0.500. The first kappa shape index (κ1) is 29.7. The van der Waals surface area contributed by atoms with E-state index < -0.39 is 11.9 Å². The summed E-state index contributed by atoms with van der Waals surface area (Å²) in [4.78, 5) is 30.6. The van der Waals surface area contributed by atoms with E-state index >= 15 is 4.39 Å². The topological polar surface area (TPSA) is 117 Å². The Morgan fingerprint density at radius 2 is 1.98 bits per heavy atom. The summed E-state index contributed by atoms with van der Waals surface area (Å²) in [5, 5.41) is 20.9. The monoisotopic (exact) mass is 603 g/mol. The van der Waals surface area contributed by atoms with Gasteiger partial charge in [0.05, 0.1) is 24.5 Å². The molecule has 226 valence electrons. The Kier molecular flexibility index (Phi) is 8.48. The lowest BCUT2D eigenvalue weighted by Gasteiger charge is -2.34. The highest BCUT2D eigenvalue weighted by molar-refractivity contribution is 7.19. The molecule has 2 aliphatic rings. The Balaban J connectivity index is 1.23. The summed E-state index contributed by atoms with van der Waals surface area (Å²) in [7, 11) is 0. The van der Waals surface area contributed by atoms with Gasteiger partial charge in [-0.2, -0.15) is 10.2 Å². The number of carbonyl (C=O) groups is 1. The molecule has 6 rings (SSSR count). The molecule has 4 aromatic heterocycles. The molecule has 0 spiro atoms. The summed E-state index contributed by atoms with van der Waals surface area (Å²) in [6.07, 6.45) is 9.34. The summed E-state index contributed by atoms with van der Waals surface area (Å²) in [5.41, 5.74) is 4.61. The number of thiazole rings is 1. The predicted octanol–water partition coefficient (Wildman–Crippen LogP) is 5.15. The van der Waals surface area contributed by atoms with Gasteiger partial charge in [-0.05, 0) is 79.2 Å². The van der Waals surface area contributed by atoms with Crippen molar-refractivity contribution in [3.63, 3.8) is 0 Å². The summed E-state index contributed by atoms with van der Waals surface area (Å²) in [6.45, 7) is 9.13. The van der Waals surface area contributed by atoms with E-state index in [0.717, 1.165) is 61.2 Å². The number of hydrogen-bond donors (Lipinski definition) is 2. The molecule has 1 amide bonds. The number of halogens is 1. The van der Waals surface area contributed by atoms with Crippen LogP contribution in [-0.2, 0) is 12.8 Å². The van der Waals surface area contributed by atoms with Crippen LogP contribution in [0.4, 0.5) is 4.39 Å². The highest BCUT2D eigenvalue weighted by atomic mass is 32.1. The predicted molar refractivity (Wildman–Crippen MR) is 164 cm³/mol. The van der Waals surface area contributed by atoms with Crippen molar-refractivity contribution < 1.29 is 14.3 Å². The number of aliphatic hydroxyl groups excluding tert-OH is 1. The largest absolute Gasteiger partial charge is 0.393 e. The van der Waals surface area contributed by atoms with Gasteiger partial charge in [-0.25, -0.2) is 14.4 Å². The minimum Gasteiger partial charge on any atom is -0.393 e. The van der Waals surface area contributed by atoms with Crippen LogP contribution < -0.4 is 5.32 Å². The maximum atomic E-state index is 15.3. The fourth-order valence-electron chi connectivity index (χ4n) is 6.13. The molecule has 1 saturated heterocycles. The van der Waals surface area contributed by atoms with E-state index in [9.17, 15) is 9.90 Å². The van der Waals surface area contributed by atoms with Crippen LogP contribution in [0.25, 0.3) is 21.6 Å². The van der Waals surface area contributed by atoms with Crippen LogP contribution in [0, 0.1) is 17.2 Å². The number of aryl methyl sites for hydroxylation is 1. The molecule has 43 heavy (non-hydrogen) atoms. The third-order valence-corrected chi connectivity index (χ3v) is 9.85. The maximum Gasteiger partial charge on any atom is 0.280 e. The lowest BCUT2D eigenvalue weighted by atomic mass is 9.71. The van der Waals surface area contributed by atoms with Gasteiger partial charge in [0.2, 0.25) is 0 Å². The molecule has 2 N–H and O–H groups in total. The van der Waals surface area contributed by atoms with Crippen LogP contribution in [0.2, 0.25) is 0 Å².